The minimum absolute atomic E-state index is 0.206. The van der Waals surface area contributed by atoms with Gasteiger partial charge in [-0.2, -0.15) is 0 Å². The highest BCUT2D eigenvalue weighted by Crippen LogP contribution is 2.22. The zero-order valence-corrected chi connectivity index (χ0v) is 11.6. The van der Waals surface area contributed by atoms with Crippen LogP contribution in [0.2, 0.25) is 0 Å². The van der Waals surface area contributed by atoms with Gasteiger partial charge in [-0.25, -0.2) is 0 Å². The topological polar surface area (TPSA) is 77.2 Å². The number of hydrogen-bond acceptors (Lipinski definition) is 4. The summed E-state index contributed by atoms with van der Waals surface area (Å²) in [6, 6.07) is 10.5. The molecule has 0 radical (unpaired) electrons. The largest absolute Gasteiger partial charge is 0.487 e. The second-order valence-electron chi connectivity index (χ2n) is 4.36. The van der Waals surface area contributed by atoms with Crippen molar-refractivity contribution in [1.82, 2.24) is 10.3 Å². The van der Waals surface area contributed by atoms with E-state index in [0.717, 1.165) is 5.69 Å². The number of carbonyl (C=O) groups is 1. The molecule has 5 nitrogen and oxygen atoms in total. The molecule has 0 aliphatic heterocycles. The molecule has 1 heterocycles. The monoisotopic (exact) mass is 283 g/mol. The van der Waals surface area contributed by atoms with Crippen LogP contribution in [0, 0.1) is 0 Å². The second-order valence-corrected chi connectivity index (χ2v) is 4.36. The van der Waals surface area contributed by atoms with Crippen LogP contribution in [0.3, 0.4) is 0 Å². The Morgan fingerprint density at radius 2 is 2.24 bits per heavy atom. The third kappa shape index (κ3) is 4.07. The van der Waals surface area contributed by atoms with Crippen molar-refractivity contribution >= 4 is 11.6 Å². The SMILES string of the molecule is C=CCOc1ccc(C(=O)NCc2ccccn2)cc1N. The molecule has 0 saturated heterocycles. The number of hydrogen-bond donors (Lipinski definition) is 2. The first kappa shape index (κ1) is 14.6. The Balaban J connectivity index is 1.99. The third-order valence-electron chi connectivity index (χ3n) is 2.78. The lowest BCUT2D eigenvalue weighted by atomic mass is 10.1. The average Bonchev–Trinajstić information content (AvgIpc) is 2.52. The van der Waals surface area contributed by atoms with Crippen LogP contribution in [0.1, 0.15) is 16.1 Å². The molecule has 0 fully saturated rings. The van der Waals surface area contributed by atoms with E-state index in [0.29, 0.717) is 30.2 Å². The maximum atomic E-state index is 12.0. The highest BCUT2D eigenvalue weighted by atomic mass is 16.5. The number of nitrogens with two attached hydrogens (primary N) is 1. The zero-order chi connectivity index (χ0) is 15.1. The summed E-state index contributed by atoms with van der Waals surface area (Å²) in [5.74, 6) is 0.332. The van der Waals surface area contributed by atoms with E-state index in [2.05, 4.69) is 16.9 Å². The van der Waals surface area contributed by atoms with Crippen molar-refractivity contribution in [3.63, 3.8) is 0 Å². The van der Waals surface area contributed by atoms with Crippen LogP contribution >= 0.6 is 0 Å². The van der Waals surface area contributed by atoms with Crippen LogP contribution in [-0.4, -0.2) is 17.5 Å². The van der Waals surface area contributed by atoms with Crippen molar-refractivity contribution in [2.75, 3.05) is 12.3 Å². The van der Waals surface area contributed by atoms with Crippen LogP contribution in [0.5, 0.6) is 5.75 Å². The smallest absolute Gasteiger partial charge is 0.251 e. The molecular formula is C16H17N3O2. The number of carbonyl (C=O) groups excluding carboxylic acids is 1. The van der Waals surface area contributed by atoms with E-state index >= 15 is 0 Å². The van der Waals surface area contributed by atoms with Crippen LogP contribution in [0.25, 0.3) is 0 Å². The Bertz CT molecular complexity index is 627. The molecule has 21 heavy (non-hydrogen) atoms. The van der Waals surface area contributed by atoms with E-state index in [1.54, 1.807) is 30.5 Å². The summed E-state index contributed by atoms with van der Waals surface area (Å²) in [7, 11) is 0. The van der Waals surface area contributed by atoms with Gasteiger partial charge in [-0.05, 0) is 30.3 Å². The van der Waals surface area contributed by atoms with Gasteiger partial charge in [0.05, 0.1) is 17.9 Å². The van der Waals surface area contributed by atoms with Crippen molar-refractivity contribution < 1.29 is 9.53 Å². The first-order valence-electron chi connectivity index (χ1n) is 6.52. The number of amides is 1. The fourth-order valence-corrected chi connectivity index (χ4v) is 1.75. The summed E-state index contributed by atoms with van der Waals surface area (Å²) in [4.78, 5) is 16.2. The van der Waals surface area contributed by atoms with Gasteiger partial charge in [0.25, 0.3) is 5.91 Å². The number of nitrogen functional groups attached to an aromatic ring is 1. The van der Waals surface area contributed by atoms with Crippen molar-refractivity contribution in [1.29, 1.82) is 0 Å². The van der Waals surface area contributed by atoms with Gasteiger partial charge in [0.1, 0.15) is 12.4 Å². The summed E-state index contributed by atoms with van der Waals surface area (Å²) in [6.07, 6.45) is 3.32. The summed E-state index contributed by atoms with van der Waals surface area (Å²) < 4.78 is 5.37. The molecule has 0 unspecified atom stereocenters. The molecule has 3 N–H and O–H groups in total. The molecule has 2 rings (SSSR count). The molecule has 0 atom stereocenters. The number of nitrogens with zero attached hydrogens (tertiary/aromatic N) is 1. The van der Waals surface area contributed by atoms with Crippen LogP contribution in [0.15, 0.2) is 55.3 Å². The molecule has 1 aromatic carbocycles. The van der Waals surface area contributed by atoms with Crippen molar-refractivity contribution in [2.24, 2.45) is 0 Å². The Morgan fingerprint density at radius 1 is 1.38 bits per heavy atom. The van der Waals surface area contributed by atoms with E-state index in [1.165, 1.54) is 0 Å². The average molecular weight is 283 g/mol. The molecule has 108 valence electrons. The predicted molar refractivity (Wildman–Crippen MR) is 82.0 cm³/mol. The standard InChI is InChI=1S/C16H17N3O2/c1-2-9-21-15-7-6-12(10-14(15)17)16(20)19-11-13-5-3-4-8-18-13/h2-8,10H,1,9,11,17H2,(H,19,20). The zero-order valence-electron chi connectivity index (χ0n) is 11.6. The van der Waals surface area contributed by atoms with Crippen LogP contribution in [-0.2, 0) is 6.54 Å². The van der Waals surface area contributed by atoms with Gasteiger partial charge in [0.15, 0.2) is 0 Å². The molecule has 0 aliphatic rings. The molecule has 0 aliphatic carbocycles. The summed E-state index contributed by atoms with van der Waals surface area (Å²) in [5, 5.41) is 2.79. The van der Waals surface area contributed by atoms with Crippen LogP contribution < -0.4 is 15.8 Å². The molecule has 1 aromatic heterocycles. The number of rotatable bonds is 6. The fraction of sp³-hybridized carbons (Fsp3) is 0.125. The van der Waals surface area contributed by atoms with Gasteiger partial charge < -0.3 is 15.8 Å². The Labute approximate surface area is 123 Å². The molecule has 0 spiro atoms. The third-order valence-corrected chi connectivity index (χ3v) is 2.78. The summed E-state index contributed by atoms with van der Waals surface area (Å²) in [6.45, 7) is 4.31. The Morgan fingerprint density at radius 3 is 2.90 bits per heavy atom. The molecule has 5 heteroatoms. The number of nitrogens with one attached hydrogen (secondary N) is 1. The van der Waals surface area contributed by atoms with E-state index < -0.39 is 0 Å². The molecule has 0 bridgehead atoms. The maximum Gasteiger partial charge on any atom is 0.251 e. The number of pyridine rings is 1. The fourth-order valence-electron chi connectivity index (χ4n) is 1.75. The summed E-state index contributed by atoms with van der Waals surface area (Å²) >= 11 is 0. The summed E-state index contributed by atoms with van der Waals surface area (Å²) in [5.41, 5.74) is 7.55. The number of ether oxygens (including phenoxy) is 1. The van der Waals surface area contributed by atoms with Crippen molar-refractivity contribution in [3.05, 3.63) is 66.5 Å². The van der Waals surface area contributed by atoms with Gasteiger partial charge >= 0.3 is 0 Å². The number of anilines is 1. The lowest BCUT2D eigenvalue weighted by molar-refractivity contribution is 0.0950. The highest BCUT2D eigenvalue weighted by Gasteiger charge is 2.08. The molecule has 0 saturated carbocycles. The Kier molecular flexibility index (Phi) is 4.93. The lowest BCUT2D eigenvalue weighted by Crippen LogP contribution is -2.23. The second kappa shape index (κ2) is 7.09. The van der Waals surface area contributed by atoms with Crippen LogP contribution in [0.4, 0.5) is 5.69 Å². The van der Waals surface area contributed by atoms with E-state index in [9.17, 15) is 4.79 Å². The number of benzene rings is 1. The van der Waals surface area contributed by atoms with E-state index in [-0.39, 0.29) is 5.91 Å². The highest BCUT2D eigenvalue weighted by molar-refractivity contribution is 5.95. The molecule has 1 amide bonds. The van der Waals surface area contributed by atoms with Crippen molar-refractivity contribution in [2.45, 2.75) is 6.54 Å². The quantitative estimate of drug-likeness (QED) is 0.629. The normalized spacial score (nSPS) is 9.90. The molecular weight excluding hydrogens is 266 g/mol. The number of aromatic nitrogens is 1. The minimum Gasteiger partial charge on any atom is -0.487 e. The van der Waals surface area contributed by atoms with Gasteiger partial charge in [-0.15, -0.1) is 0 Å². The van der Waals surface area contributed by atoms with E-state index in [1.807, 2.05) is 18.2 Å². The van der Waals surface area contributed by atoms with Crippen molar-refractivity contribution in [3.8, 4) is 5.75 Å². The Hall–Kier alpha value is -2.82. The predicted octanol–water partition coefficient (Wildman–Crippen LogP) is 2.16. The van der Waals surface area contributed by atoms with E-state index in [4.69, 9.17) is 10.5 Å². The van der Waals surface area contributed by atoms with Gasteiger partial charge in [-0.1, -0.05) is 18.7 Å². The van der Waals surface area contributed by atoms with Gasteiger partial charge in [0.2, 0.25) is 0 Å². The molecule has 2 aromatic rings. The minimum atomic E-state index is -0.206. The maximum absolute atomic E-state index is 12.0. The lowest BCUT2D eigenvalue weighted by Gasteiger charge is -2.09. The van der Waals surface area contributed by atoms with Gasteiger partial charge in [0, 0.05) is 11.8 Å². The first-order chi connectivity index (χ1) is 10.2. The van der Waals surface area contributed by atoms with Gasteiger partial charge in [-0.3, -0.25) is 9.78 Å². The first-order valence-corrected chi connectivity index (χ1v) is 6.52.